The number of ether oxygens (including phenoxy) is 1. The van der Waals surface area contributed by atoms with E-state index in [1.165, 1.54) is 6.92 Å². The standard InChI is InChI=1S/C11H18N5O14P3/c1-6-3-15(11(19)16(10(6)18)5-13-14-12)9-2-7(17)8(28-9)4-27-32(23,24)30-33(25,26)29-31(20,21)22/h3,7-9,17H,2,4-5H2,1H3,(H,23,24)(H,25,26)(H2,20,21,22)/t7-,8+,9+/m0/s1. The van der Waals surface area contributed by atoms with Gasteiger partial charge in [0.25, 0.3) is 5.56 Å². The van der Waals surface area contributed by atoms with Crippen molar-refractivity contribution in [2.75, 3.05) is 6.61 Å². The van der Waals surface area contributed by atoms with Gasteiger partial charge in [-0.1, -0.05) is 5.11 Å². The van der Waals surface area contributed by atoms with E-state index in [-0.39, 0.29) is 12.0 Å². The predicted molar refractivity (Wildman–Crippen MR) is 103 cm³/mol. The molecule has 0 radical (unpaired) electrons. The van der Waals surface area contributed by atoms with Crippen LogP contribution in [0, 0.1) is 6.92 Å². The Labute approximate surface area is 182 Å². The highest BCUT2D eigenvalue weighted by Gasteiger charge is 2.43. The first-order chi connectivity index (χ1) is 15.1. The van der Waals surface area contributed by atoms with E-state index in [1.54, 1.807) is 0 Å². The van der Waals surface area contributed by atoms with E-state index in [1.807, 2.05) is 0 Å². The van der Waals surface area contributed by atoms with Gasteiger partial charge in [0.2, 0.25) is 0 Å². The van der Waals surface area contributed by atoms with Gasteiger partial charge in [-0.25, -0.2) is 18.5 Å². The molecule has 1 aliphatic heterocycles. The van der Waals surface area contributed by atoms with Crippen LogP contribution in [0.25, 0.3) is 10.4 Å². The molecule has 1 aliphatic rings. The number of phosphoric ester groups is 1. The van der Waals surface area contributed by atoms with Gasteiger partial charge in [-0.15, -0.1) is 0 Å². The fraction of sp³-hybridized carbons (Fsp3) is 0.636. The number of hydrogen-bond donors (Lipinski definition) is 5. The van der Waals surface area contributed by atoms with Crippen LogP contribution in [0.2, 0.25) is 0 Å². The van der Waals surface area contributed by atoms with Gasteiger partial charge in [0.15, 0.2) is 0 Å². The fourth-order valence-electron chi connectivity index (χ4n) is 2.69. The fourth-order valence-corrected chi connectivity index (χ4v) is 5.72. The molecule has 186 valence electrons. The Kier molecular flexibility index (Phi) is 8.60. The number of nitrogens with zero attached hydrogens (tertiary/aromatic N) is 5. The molecule has 0 bridgehead atoms. The van der Waals surface area contributed by atoms with Gasteiger partial charge in [0.05, 0.1) is 12.7 Å². The molecule has 0 aliphatic carbocycles. The molecular weight excluding hydrogens is 519 g/mol. The third-order valence-electron chi connectivity index (χ3n) is 3.97. The molecule has 5 N–H and O–H groups in total. The van der Waals surface area contributed by atoms with E-state index in [2.05, 4.69) is 23.2 Å². The van der Waals surface area contributed by atoms with Crippen molar-refractivity contribution in [2.45, 2.75) is 38.4 Å². The van der Waals surface area contributed by atoms with Crippen LogP contribution in [0.4, 0.5) is 0 Å². The Hall–Kier alpha value is -1.68. The van der Waals surface area contributed by atoms with E-state index in [9.17, 15) is 33.3 Å². The van der Waals surface area contributed by atoms with E-state index < -0.39 is 66.4 Å². The minimum Gasteiger partial charge on any atom is -0.390 e. The SMILES string of the molecule is Cc1cn([C@H]2C[C@H](O)[C@@H](COP(=O)(O)OP(=O)(O)OP(=O)(O)O)O2)c(=O)n(CN=[N+]=[N-])c1=O. The normalized spacial score (nSPS) is 24.6. The van der Waals surface area contributed by atoms with Crippen LogP contribution in [0.3, 0.4) is 0 Å². The van der Waals surface area contributed by atoms with Crippen LogP contribution in [0.5, 0.6) is 0 Å². The summed E-state index contributed by atoms with van der Waals surface area (Å²) in [6.45, 7) is -0.183. The van der Waals surface area contributed by atoms with Crippen molar-refractivity contribution in [3.05, 3.63) is 43.0 Å². The van der Waals surface area contributed by atoms with Crippen molar-refractivity contribution in [1.82, 2.24) is 9.13 Å². The number of hydrogen-bond acceptors (Lipinski definition) is 11. The van der Waals surface area contributed by atoms with Crippen molar-refractivity contribution in [1.29, 1.82) is 0 Å². The zero-order valence-electron chi connectivity index (χ0n) is 16.4. The highest BCUT2D eigenvalue weighted by Crippen LogP contribution is 2.66. The van der Waals surface area contributed by atoms with Gasteiger partial charge < -0.3 is 29.4 Å². The Morgan fingerprint density at radius 2 is 1.85 bits per heavy atom. The summed E-state index contributed by atoms with van der Waals surface area (Å²) < 4.78 is 52.2. The second-order valence-electron chi connectivity index (χ2n) is 6.43. The molecule has 1 saturated heterocycles. The topological polar surface area (TPSA) is 282 Å². The summed E-state index contributed by atoms with van der Waals surface area (Å²) in [6.07, 6.45) is -3.11. The molecule has 1 aromatic rings. The molecule has 0 amide bonds. The Morgan fingerprint density at radius 1 is 1.21 bits per heavy atom. The number of aromatic nitrogens is 2. The molecule has 19 nitrogen and oxygen atoms in total. The summed E-state index contributed by atoms with van der Waals surface area (Å²) >= 11 is 0. The maximum absolute atomic E-state index is 12.5. The maximum atomic E-state index is 12.5. The number of azide groups is 1. The van der Waals surface area contributed by atoms with Gasteiger partial charge in [-0.05, 0) is 12.5 Å². The van der Waals surface area contributed by atoms with Crippen LogP contribution in [0.15, 0.2) is 20.9 Å². The van der Waals surface area contributed by atoms with Gasteiger partial charge in [0, 0.05) is 23.1 Å². The number of phosphoric acid groups is 3. The molecule has 2 unspecified atom stereocenters. The molecule has 0 spiro atoms. The minimum atomic E-state index is -5.72. The molecule has 2 rings (SSSR count). The zero-order valence-corrected chi connectivity index (χ0v) is 19.1. The lowest BCUT2D eigenvalue weighted by atomic mass is 10.2. The first-order valence-electron chi connectivity index (χ1n) is 8.50. The quantitative estimate of drug-likeness (QED) is 0.110. The number of aryl methyl sites for hydroxylation is 1. The molecule has 1 aromatic heterocycles. The van der Waals surface area contributed by atoms with Crippen molar-refractivity contribution in [3.8, 4) is 0 Å². The third kappa shape index (κ3) is 7.67. The first-order valence-corrected chi connectivity index (χ1v) is 13.0. The average molecular weight is 537 g/mol. The van der Waals surface area contributed by atoms with E-state index in [0.717, 1.165) is 10.8 Å². The zero-order chi connectivity index (χ0) is 25.2. The van der Waals surface area contributed by atoms with Gasteiger partial charge >= 0.3 is 29.2 Å². The monoisotopic (exact) mass is 537 g/mol. The largest absolute Gasteiger partial charge is 0.490 e. The molecule has 22 heteroatoms. The molecule has 2 heterocycles. The Balaban J connectivity index is 2.14. The summed E-state index contributed by atoms with van der Waals surface area (Å²) in [7, 11) is -16.7. The molecule has 5 atom stereocenters. The molecular formula is C11H18N5O14P3. The van der Waals surface area contributed by atoms with Gasteiger partial charge in [0.1, 0.15) is 19.0 Å². The van der Waals surface area contributed by atoms with Crippen molar-refractivity contribution in [3.63, 3.8) is 0 Å². The highest BCUT2D eigenvalue weighted by molar-refractivity contribution is 7.66. The summed E-state index contributed by atoms with van der Waals surface area (Å²) in [5, 5.41) is 13.3. The number of aliphatic hydroxyl groups is 1. The van der Waals surface area contributed by atoms with E-state index in [0.29, 0.717) is 4.57 Å². The van der Waals surface area contributed by atoms with E-state index in [4.69, 9.17) is 24.9 Å². The van der Waals surface area contributed by atoms with Crippen LogP contribution in [-0.2, 0) is 38.2 Å². The second kappa shape index (κ2) is 10.3. The summed E-state index contributed by atoms with van der Waals surface area (Å²) in [5.74, 6) is 0. The maximum Gasteiger partial charge on any atom is 0.490 e. The molecule has 0 aromatic carbocycles. The molecule has 1 fully saturated rings. The predicted octanol–water partition coefficient (Wildman–Crippen LogP) is -0.422. The number of rotatable bonds is 10. The molecule has 33 heavy (non-hydrogen) atoms. The van der Waals surface area contributed by atoms with Crippen LogP contribution < -0.4 is 11.2 Å². The second-order valence-corrected chi connectivity index (χ2v) is 10.8. The van der Waals surface area contributed by atoms with Gasteiger partial charge in [-0.3, -0.25) is 18.5 Å². The van der Waals surface area contributed by atoms with Gasteiger partial charge in [-0.2, -0.15) is 8.62 Å². The van der Waals surface area contributed by atoms with Crippen molar-refractivity contribution >= 4 is 23.5 Å². The van der Waals surface area contributed by atoms with Crippen LogP contribution >= 0.6 is 23.5 Å². The van der Waals surface area contributed by atoms with Crippen molar-refractivity contribution < 1.29 is 56.3 Å². The third-order valence-corrected chi connectivity index (χ3v) is 7.77. The first kappa shape index (κ1) is 27.6. The number of aliphatic hydroxyl groups excluding tert-OH is 1. The lowest BCUT2D eigenvalue weighted by molar-refractivity contribution is -0.0454. The Morgan fingerprint density at radius 3 is 2.42 bits per heavy atom. The molecule has 0 saturated carbocycles. The van der Waals surface area contributed by atoms with E-state index >= 15 is 0 Å². The minimum absolute atomic E-state index is 0.0672. The average Bonchev–Trinajstić information content (AvgIpc) is 3.00. The van der Waals surface area contributed by atoms with Crippen LogP contribution in [0.1, 0.15) is 18.2 Å². The van der Waals surface area contributed by atoms with Crippen LogP contribution in [-0.4, -0.2) is 52.6 Å². The lowest BCUT2D eigenvalue weighted by Gasteiger charge is -2.20. The summed E-state index contributed by atoms with van der Waals surface area (Å²) in [5.41, 5.74) is 6.81. The highest BCUT2D eigenvalue weighted by atomic mass is 31.3. The summed E-state index contributed by atoms with van der Waals surface area (Å²) in [6, 6.07) is 0. The lowest BCUT2D eigenvalue weighted by Crippen LogP contribution is -2.41. The summed E-state index contributed by atoms with van der Waals surface area (Å²) in [4.78, 5) is 62.7. The Bertz CT molecular complexity index is 1200. The smallest absolute Gasteiger partial charge is 0.390 e. The van der Waals surface area contributed by atoms with Crippen molar-refractivity contribution in [2.24, 2.45) is 5.11 Å².